The van der Waals surface area contributed by atoms with Gasteiger partial charge in [-0.2, -0.15) is 0 Å². The van der Waals surface area contributed by atoms with Gasteiger partial charge in [-0.1, -0.05) is 19.9 Å². The van der Waals surface area contributed by atoms with Crippen LogP contribution in [-0.2, 0) is 7.05 Å². The molecule has 0 saturated heterocycles. The molecule has 0 aliphatic carbocycles. The molecule has 2 heterocycles. The largest absolute Gasteiger partial charge is 0.467 e. The number of hydrogen-bond acceptors (Lipinski definition) is 1. The molecule has 0 fully saturated rings. The molecule has 0 aliphatic rings. The number of rotatable bonds is 2. The maximum Gasteiger partial charge on any atom is 0.243 e. The first-order valence-electron chi connectivity index (χ1n) is 8.83. The summed E-state index contributed by atoms with van der Waals surface area (Å²) in [6, 6.07) is 14.5. The number of aromatic nitrogens is 1. The summed E-state index contributed by atoms with van der Waals surface area (Å²) < 4.78 is 8.19. The van der Waals surface area contributed by atoms with Gasteiger partial charge in [-0.3, -0.25) is 0 Å². The molecule has 26 heavy (non-hydrogen) atoms. The van der Waals surface area contributed by atoms with Crippen LogP contribution in [0.25, 0.3) is 38.0 Å². The van der Waals surface area contributed by atoms with Gasteiger partial charge in [-0.05, 0) is 48.2 Å². The van der Waals surface area contributed by atoms with Gasteiger partial charge in [0.1, 0.15) is 18.2 Å². The number of benzene rings is 2. The van der Waals surface area contributed by atoms with Gasteiger partial charge in [-0.15, -0.1) is 0 Å². The van der Waals surface area contributed by atoms with Crippen LogP contribution in [0.4, 0.5) is 5.69 Å². The number of fused-ring (bicyclic) bond motifs is 3. The van der Waals surface area contributed by atoms with E-state index in [1.807, 2.05) is 42.1 Å². The van der Waals surface area contributed by atoms with Crippen molar-refractivity contribution in [3.63, 3.8) is 0 Å². The molecule has 0 radical (unpaired) electrons. The first kappa shape index (κ1) is 16.4. The minimum absolute atomic E-state index is 0.452. The first-order valence-corrected chi connectivity index (χ1v) is 8.83. The van der Waals surface area contributed by atoms with Crippen molar-refractivity contribution < 1.29 is 8.98 Å². The molecule has 4 aromatic rings. The Morgan fingerprint density at radius 3 is 2.58 bits per heavy atom. The van der Waals surface area contributed by atoms with E-state index >= 15 is 0 Å². The molecule has 0 amide bonds. The highest BCUT2D eigenvalue weighted by atomic mass is 16.3. The van der Waals surface area contributed by atoms with Crippen LogP contribution in [0.5, 0.6) is 0 Å². The van der Waals surface area contributed by atoms with E-state index in [0.717, 1.165) is 33.2 Å². The molecule has 2 aromatic heterocycles. The maximum atomic E-state index is 7.82. The molecule has 3 nitrogen and oxygen atoms in total. The first-order chi connectivity index (χ1) is 12.5. The van der Waals surface area contributed by atoms with Gasteiger partial charge in [-0.25, -0.2) is 9.41 Å². The Balaban J connectivity index is 2.11. The molecule has 0 N–H and O–H groups in total. The van der Waals surface area contributed by atoms with Crippen LogP contribution in [0.3, 0.4) is 0 Å². The Morgan fingerprint density at radius 2 is 1.88 bits per heavy atom. The predicted octanol–water partition coefficient (Wildman–Crippen LogP) is 6.06. The molecule has 0 atom stereocenters. The van der Waals surface area contributed by atoms with Crippen molar-refractivity contribution in [2.45, 2.75) is 26.7 Å². The van der Waals surface area contributed by atoms with E-state index in [4.69, 9.17) is 11.0 Å². The van der Waals surface area contributed by atoms with Gasteiger partial charge in [0.05, 0.1) is 12.1 Å². The third-order valence-corrected chi connectivity index (χ3v) is 5.05. The molecule has 2 aromatic carbocycles. The van der Waals surface area contributed by atoms with Crippen molar-refractivity contribution in [3.05, 3.63) is 71.2 Å². The fourth-order valence-corrected chi connectivity index (χ4v) is 3.61. The lowest BCUT2D eigenvalue weighted by Crippen LogP contribution is -2.30. The van der Waals surface area contributed by atoms with Gasteiger partial charge in [0.15, 0.2) is 6.20 Å². The molecule has 4 rings (SSSR count). The van der Waals surface area contributed by atoms with Crippen LogP contribution in [0, 0.1) is 13.5 Å². The second-order valence-corrected chi connectivity index (χ2v) is 7.11. The van der Waals surface area contributed by atoms with Crippen LogP contribution in [0.2, 0.25) is 0 Å². The summed E-state index contributed by atoms with van der Waals surface area (Å²) in [7, 11) is 2.00. The van der Waals surface area contributed by atoms with Crippen molar-refractivity contribution in [1.82, 2.24) is 0 Å². The van der Waals surface area contributed by atoms with E-state index in [0.29, 0.717) is 17.2 Å². The summed E-state index contributed by atoms with van der Waals surface area (Å²) in [5, 5.41) is 2.11. The Kier molecular flexibility index (Phi) is 3.77. The minimum Gasteiger partial charge on any atom is -0.467 e. The Labute approximate surface area is 153 Å². The molecular weight excluding hydrogens is 320 g/mol. The molecule has 0 unspecified atom stereocenters. The third kappa shape index (κ3) is 2.38. The highest BCUT2D eigenvalue weighted by molar-refractivity contribution is 6.12. The van der Waals surface area contributed by atoms with Crippen molar-refractivity contribution in [1.29, 1.82) is 0 Å². The number of furan rings is 1. The van der Waals surface area contributed by atoms with Crippen molar-refractivity contribution >= 4 is 27.6 Å². The SMILES string of the molecule is [C-]#[N+]c1c(-c2cccc[n+]2C)c(C)cc2c1oc1ccc(C(C)C)cc12. The Morgan fingerprint density at radius 1 is 1.08 bits per heavy atom. The zero-order valence-electron chi connectivity index (χ0n) is 15.5. The fourth-order valence-electron chi connectivity index (χ4n) is 3.61. The smallest absolute Gasteiger partial charge is 0.243 e. The summed E-state index contributed by atoms with van der Waals surface area (Å²) in [5.41, 5.74) is 6.43. The number of pyridine rings is 1. The highest BCUT2D eigenvalue weighted by Crippen LogP contribution is 2.43. The summed E-state index contributed by atoms with van der Waals surface area (Å²) in [5.74, 6) is 0.452. The standard InChI is InChI=1S/C23H21N2O/c1-14(2)16-9-10-20-17(13-16)18-12-15(3)21(22(24-4)23(18)26-20)19-8-6-7-11-25(19)5/h6-14H,1-3,5H3/q+1. The average molecular weight is 341 g/mol. The summed E-state index contributed by atoms with van der Waals surface area (Å²) in [4.78, 5) is 3.87. The van der Waals surface area contributed by atoms with Gasteiger partial charge >= 0.3 is 0 Å². The van der Waals surface area contributed by atoms with E-state index in [9.17, 15) is 0 Å². The zero-order chi connectivity index (χ0) is 18.4. The van der Waals surface area contributed by atoms with Gasteiger partial charge in [0, 0.05) is 22.9 Å². The van der Waals surface area contributed by atoms with Crippen LogP contribution in [0.1, 0.15) is 30.9 Å². The molecule has 3 heteroatoms. The summed E-state index contributed by atoms with van der Waals surface area (Å²) in [6.07, 6.45) is 2.00. The topological polar surface area (TPSA) is 21.4 Å². The lowest BCUT2D eigenvalue weighted by molar-refractivity contribution is -0.660. The fraction of sp³-hybridized carbons (Fsp3) is 0.217. The average Bonchev–Trinajstić information content (AvgIpc) is 2.98. The van der Waals surface area contributed by atoms with Crippen LogP contribution in [0.15, 0.2) is 53.1 Å². The van der Waals surface area contributed by atoms with Crippen molar-refractivity contribution in [2.75, 3.05) is 0 Å². The number of aryl methyl sites for hydroxylation is 2. The zero-order valence-corrected chi connectivity index (χ0v) is 15.5. The predicted molar refractivity (Wildman–Crippen MR) is 105 cm³/mol. The van der Waals surface area contributed by atoms with Gasteiger partial charge in [0.25, 0.3) is 0 Å². The highest BCUT2D eigenvalue weighted by Gasteiger charge is 2.23. The van der Waals surface area contributed by atoms with Gasteiger partial charge in [0.2, 0.25) is 11.4 Å². The van der Waals surface area contributed by atoms with E-state index in [1.165, 1.54) is 5.56 Å². The van der Waals surface area contributed by atoms with E-state index in [1.54, 1.807) is 0 Å². The molecule has 0 aliphatic heterocycles. The van der Waals surface area contributed by atoms with E-state index in [2.05, 4.69) is 43.8 Å². The summed E-state index contributed by atoms with van der Waals surface area (Å²) in [6.45, 7) is 14.3. The van der Waals surface area contributed by atoms with Crippen molar-refractivity contribution in [3.8, 4) is 11.3 Å². The normalized spacial score (nSPS) is 11.4. The minimum atomic E-state index is 0.452. The second kappa shape index (κ2) is 6.00. The van der Waals surface area contributed by atoms with Crippen molar-refractivity contribution in [2.24, 2.45) is 7.05 Å². The number of nitrogens with zero attached hydrogens (tertiary/aromatic N) is 2. The molecule has 0 bridgehead atoms. The lowest BCUT2D eigenvalue weighted by Gasteiger charge is -2.08. The number of hydrogen-bond donors (Lipinski definition) is 0. The van der Waals surface area contributed by atoms with Crippen LogP contribution >= 0.6 is 0 Å². The molecular formula is C23H21N2O+. The van der Waals surface area contributed by atoms with Gasteiger partial charge < -0.3 is 4.42 Å². The molecule has 0 spiro atoms. The molecule has 0 saturated carbocycles. The Bertz CT molecular complexity index is 1190. The second-order valence-electron chi connectivity index (χ2n) is 7.11. The third-order valence-electron chi connectivity index (χ3n) is 5.05. The molecule has 128 valence electrons. The summed E-state index contributed by atoms with van der Waals surface area (Å²) >= 11 is 0. The van der Waals surface area contributed by atoms with Crippen LogP contribution in [-0.4, -0.2) is 0 Å². The lowest BCUT2D eigenvalue weighted by atomic mass is 9.97. The Hall–Kier alpha value is -3.12. The van der Waals surface area contributed by atoms with Crippen LogP contribution < -0.4 is 4.57 Å². The maximum absolute atomic E-state index is 7.82. The van der Waals surface area contributed by atoms with E-state index < -0.39 is 0 Å². The quantitative estimate of drug-likeness (QED) is 0.321. The monoisotopic (exact) mass is 341 g/mol. The van der Waals surface area contributed by atoms with E-state index in [-0.39, 0.29) is 0 Å².